The zero-order valence-electron chi connectivity index (χ0n) is 19.2. The van der Waals surface area contributed by atoms with E-state index in [1.807, 2.05) is 79.0 Å². The highest BCUT2D eigenvalue weighted by Gasteiger charge is 2.28. The Balaban J connectivity index is 1.50. The third-order valence-electron chi connectivity index (χ3n) is 6.24. The number of nitrogens with zero attached hydrogens (tertiary/aromatic N) is 2. The van der Waals surface area contributed by atoms with Gasteiger partial charge >= 0.3 is 0 Å². The molecule has 1 N–H and O–H groups in total. The van der Waals surface area contributed by atoms with E-state index in [0.29, 0.717) is 5.56 Å². The number of H-pyrrole nitrogens is 1. The number of nitrogens with one attached hydrogen (secondary N) is 1. The molecule has 1 atom stereocenters. The second kappa shape index (κ2) is 8.93. The fourth-order valence-corrected chi connectivity index (χ4v) is 5.65. The Morgan fingerprint density at radius 3 is 2.40 bits per heavy atom. The maximum Gasteiger partial charge on any atom is 0.182 e. The molecule has 170 valence electrons. The lowest BCUT2D eigenvalue weighted by Gasteiger charge is -2.17. The number of carbonyl (C=O) groups is 1. The minimum atomic E-state index is -0.448. The number of ketones is 1. The van der Waals surface area contributed by atoms with Gasteiger partial charge in [0, 0.05) is 28.4 Å². The highest BCUT2D eigenvalue weighted by atomic mass is 32.2. The third kappa shape index (κ3) is 3.94. The number of hydrogen-bond donors (Lipinski definition) is 1. The molecule has 0 aliphatic heterocycles. The summed E-state index contributed by atoms with van der Waals surface area (Å²) in [5, 5.41) is 1.28. The average Bonchev–Trinajstić information content (AvgIpc) is 3.49. The van der Waals surface area contributed by atoms with Crippen molar-refractivity contribution >= 4 is 39.5 Å². The molecule has 0 radical (unpaired) electrons. The number of Topliss-reactive ketones (excluding diaryl/α,β-unsaturated/α-hetero) is 1. The van der Waals surface area contributed by atoms with Gasteiger partial charge in [0.15, 0.2) is 10.9 Å². The fraction of sp³-hybridized carbons (Fsp3) is 0.0667. The Morgan fingerprint density at radius 2 is 1.57 bits per heavy atom. The number of aryl methyl sites for hydroxylation is 1. The molecule has 6 aromatic rings. The zero-order chi connectivity index (χ0) is 23.8. The van der Waals surface area contributed by atoms with Gasteiger partial charge in [0.05, 0.1) is 11.0 Å². The van der Waals surface area contributed by atoms with Crippen LogP contribution in [-0.4, -0.2) is 20.3 Å². The summed E-state index contributed by atoms with van der Waals surface area (Å²) in [5.74, 6) is 0.0566. The van der Waals surface area contributed by atoms with Crippen LogP contribution in [0.1, 0.15) is 26.7 Å². The molecule has 0 amide bonds. The fourth-order valence-electron chi connectivity index (χ4n) is 4.45. The summed E-state index contributed by atoms with van der Waals surface area (Å²) in [6, 6.07) is 34.4. The topological polar surface area (TPSA) is 50.7 Å². The van der Waals surface area contributed by atoms with Crippen molar-refractivity contribution in [1.82, 2.24) is 14.5 Å². The summed E-state index contributed by atoms with van der Waals surface area (Å²) in [4.78, 5) is 22.3. The molecule has 6 rings (SSSR count). The van der Waals surface area contributed by atoms with Crippen LogP contribution in [0.25, 0.3) is 27.6 Å². The monoisotopic (exact) mass is 473 g/mol. The smallest absolute Gasteiger partial charge is 0.182 e. The van der Waals surface area contributed by atoms with Gasteiger partial charge in [0.2, 0.25) is 0 Å². The van der Waals surface area contributed by atoms with Crippen LogP contribution in [0.15, 0.2) is 114 Å². The van der Waals surface area contributed by atoms with Crippen molar-refractivity contribution in [3.63, 3.8) is 0 Å². The van der Waals surface area contributed by atoms with E-state index in [2.05, 4.69) is 46.8 Å². The molecule has 0 aliphatic carbocycles. The van der Waals surface area contributed by atoms with Crippen molar-refractivity contribution in [2.45, 2.75) is 17.3 Å². The molecule has 0 fully saturated rings. The van der Waals surface area contributed by atoms with E-state index in [1.54, 1.807) is 0 Å². The van der Waals surface area contributed by atoms with Crippen LogP contribution in [0.4, 0.5) is 0 Å². The predicted molar refractivity (Wildman–Crippen MR) is 143 cm³/mol. The van der Waals surface area contributed by atoms with E-state index >= 15 is 0 Å². The highest BCUT2D eigenvalue weighted by molar-refractivity contribution is 8.00. The molecule has 5 heteroatoms. The first-order chi connectivity index (χ1) is 17.2. The molecular formula is C30H23N3OS. The van der Waals surface area contributed by atoms with Gasteiger partial charge < -0.3 is 4.98 Å². The number of rotatable bonds is 6. The van der Waals surface area contributed by atoms with Crippen molar-refractivity contribution in [1.29, 1.82) is 0 Å². The van der Waals surface area contributed by atoms with E-state index < -0.39 is 5.25 Å². The number of fused-ring (bicyclic) bond motifs is 2. The second-order valence-corrected chi connectivity index (χ2v) is 9.65. The van der Waals surface area contributed by atoms with Gasteiger partial charge in [-0.2, -0.15) is 0 Å². The van der Waals surface area contributed by atoms with Gasteiger partial charge in [-0.3, -0.25) is 9.36 Å². The lowest BCUT2D eigenvalue weighted by Crippen LogP contribution is -2.11. The first kappa shape index (κ1) is 21.4. The first-order valence-corrected chi connectivity index (χ1v) is 12.4. The van der Waals surface area contributed by atoms with Crippen LogP contribution in [0.3, 0.4) is 0 Å². The average molecular weight is 474 g/mol. The van der Waals surface area contributed by atoms with Gasteiger partial charge in [-0.25, -0.2) is 4.98 Å². The Morgan fingerprint density at radius 1 is 0.857 bits per heavy atom. The SMILES string of the molecule is Cc1ccc(-n2c(S[C@H](C(=O)c3c[nH]c4ccccc34)c3ccccc3)nc3ccccc32)cc1. The van der Waals surface area contributed by atoms with Gasteiger partial charge in [-0.15, -0.1) is 0 Å². The Labute approximate surface area is 207 Å². The highest BCUT2D eigenvalue weighted by Crippen LogP contribution is 2.40. The molecule has 0 saturated heterocycles. The largest absolute Gasteiger partial charge is 0.360 e. The minimum absolute atomic E-state index is 0.0566. The molecule has 0 aliphatic rings. The molecule has 0 spiro atoms. The normalized spacial score (nSPS) is 12.3. The summed E-state index contributed by atoms with van der Waals surface area (Å²) in [6.07, 6.45) is 1.83. The van der Waals surface area contributed by atoms with Crippen molar-refractivity contribution < 1.29 is 4.79 Å². The zero-order valence-corrected chi connectivity index (χ0v) is 20.0. The van der Waals surface area contributed by atoms with Gasteiger partial charge in [0.1, 0.15) is 5.25 Å². The number of aromatic amines is 1. The Hall–Kier alpha value is -4.09. The Bertz CT molecular complexity index is 1650. The maximum absolute atomic E-state index is 14.1. The minimum Gasteiger partial charge on any atom is -0.360 e. The number of carbonyl (C=O) groups excluding carboxylic acids is 1. The van der Waals surface area contributed by atoms with Crippen LogP contribution < -0.4 is 0 Å². The van der Waals surface area contributed by atoms with Gasteiger partial charge in [0.25, 0.3) is 0 Å². The van der Waals surface area contributed by atoms with E-state index in [1.165, 1.54) is 17.3 Å². The first-order valence-electron chi connectivity index (χ1n) is 11.6. The molecule has 0 bridgehead atoms. The maximum atomic E-state index is 14.1. The molecule has 0 saturated carbocycles. The van der Waals surface area contributed by atoms with Gasteiger partial charge in [-0.1, -0.05) is 90.1 Å². The van der Waals surface area contributed by atoms with E-state index in [-0.39, 0.29) is 5.78 Å². The summed E-state index contributed by atoms with van der Waals surface area (Å²) in [7, 11) is 0. The van der Waals surface area contributed by atoms with E-state index in [0.717, 1.165) is 38.3 Å². The van der Waals surface area contributed by atoms with Crippen LogP contribution >= 0.6 is 11.8 Å². The van der Waals surface area contributed by atoms with Crippen LogP contribution in [0, 0.1) is 6.92 Å². The molecule has 0 unspecified atom stereocenters. The molecule has 35 heavy (non-hydrogen) atoms. The number of imidazole rings is 1. The number of hydrogen-bond acceptors (Lipinski definition) is 3. The van der Waals surface area contributed by atoms with E-state index in [9.17, 15) is 4.79 Å². The van der Waals surface area contributed by atoms with Crippen molar-refractivity contribution in [2.24, 2.45) is 0 Å². The third-order valence-corrected chi connectivity index (χ3v) is 7.45. The molecular weight excluding hydrogens is 450 g/mol. The summed E-state index contributed by atoms with van der Waals surface area (Å²) < 4.78 is 2.15. The van der Waals surface area contributed by atoms with Crippen LogP contribution in [0.2, 0.25) is 0 Å². The quantitative estimate of drug-likeness (QED) is 0.201. The van der Waals surface area contributed by atoms with Crippen molar-refractivity contribution in [2.75, 3.05) is 0 Å². The van der Waals surface area contributed by atoms with Crippen LogP contribution in [-0.2, 0) is 0 Å². The number of thioether (sulfide) groups is 1. The predicted octanol–water partition coefficient (Wildman–Crippen LogP) is 7.53. The lowest BCUT2D eigenvalue weighted by molar-refractivity contribution is 0.0991. The summed E-state index contributed by atoms with van der Waals surface area (Å²) in [6.45, 7) is 2.08. The molecule has 2 heterocycles. The van der Waals surface area contributed by atoms with Crippen molar-refractivity contribution in [3.05, 3.63) is 126 Å². The molecule has 2 aromatic heterocycles. The molecule has 4 aromatic carbocycles. The molecule has 4 nitrogen and oxygen atoms in total. The van der Waals surface area contributed by atoms with Crippen molar-refractivity contribution in [3.8, 4) is 5.69 Å². The van der Waals surface area contributed by atoms with Crippen LogP contribution in [0.5, 0.6) is 0 Å². The van der Waals surface area contributed by atoms with E-state index in [4.69, 9.17) is 4.98 Å². The number of para-hydroxylation sites is 3. The Kier molecular flexibility index (Phi) is 5.47. The summed E-state index contributed by atoms with van der Waals surface area (Å²) in [5.41, 5.74) is 6.75. The van der Waals surface area contributed by atoms with Gasteiger partial charge in [-0.05, 0) is 42.8 Å². The number of aromatic nitrogens is 3. The standard InChI is InChI=1S/C30H23N3OS/c1-20-15-17-22(18-16-20)33-27-14-8-7-13-26(27)32-30(33)35-29(21-9-3-2-4-10-21)28(34)24-19-31-25-12-6-5-11-23(24)25/h2-19,29,31H,1H3/t29-/m0/s1. The number of benzene rings is 4. The summed E-state index contributed by atoms with van der Waals surface area (Å²) >= 11 is 1.50. The second-order valence-electron chi connectivity index (χ2n) is 8.57. The lowest BCUT2D eigenvalue weighted by atomic mass is 10.0.